The summed E-state index contributed by atoms with van der Waals surface area (Å²) in [7, 11) is 0. The first-order valence-corrected chi connectivity index (χ1v) is 15.4. The van der Waals surface area contributed by atoms with Crippen molar-refractivity contribution >= 4 is 39.7 Å². The number of carbonyl (C=O) groups excluding carboxylic acids is 3. The van der Waals surface area contributed by atoms with Gasteiger partial charge in [-0.25, -0.2) is 4.98 Å². The number of amides is 1. The number of carbonyl (C=O) groups is 3. The summed E-state index contributed by atoms with van der Waals surface area (Å²) < 4.78 is 17.7. The fraction of sp³-hybridized carbons (Fsp3) is 0.394. The highest BCUT2D eigenvalue weighted by Crippen LogP contribution is 2.46. The summed E-state index contributed by atoms with van der Waals surface area (Å²) in [5.41, 5.74) is 2.23. The number of anilines is 1. The number of rotatable bonds is 11. The van der Waals surface area contributed by atoms with Crippen molar-refractivity contribution in [2.24, 2.45) is 0 Å². The SMILES string of the molecule is CCCCCOc1ccc([C@H]2C(=C(O)c3ccc4c(c3)C[C@H](C)O4)C(=O)C(=O)N2c2nc(C)c(C(C)=O)s2)cc1OCC. The lowest BCUT2D eigenvalue weighted by molar-refractivity contribution is -0.132. The van der Waals surface area contributed by atoms with E-state index >= 15 is 0 Å². The smallest absolute Gasteiger partial charge is 0.301 e. The number of benzene rings is 2. The highest BCUT2D eigenvalue weighted by molar-refractivity contribution is 7.18. The molecule has 2 aromatic carbocycles. The minimum Gasteiger partial charge on any atom is -0.507 e. The van der Waals surface area contributed by atoms with Crippen LogP contribution in [-0.2, 0) is 16.0 Å². The minimum atomic E-state index is -1.03. The van der Waals surface area contributed by atoms with Crippen molar-refractivity contribution in [3.63, 3.8) is 0 Å². The van der Waals surface area contributed by atoms with Crippen LogP contribution in [0, 0.1) is 6.92 Å². The van der Waals surface area contributed by atoms with Crippen LogP contribution in [0.1, 0.15) is 85.1 Å². The van der Waals surface area contributed by atoms with Crippen LogP contribution in [0.5, 0.6) is 17.2 Å². The van der Waals surface area contributed by atoms with Crippen LogP contribution in [-0.4, -0.2) is 46.9 Å². The van der Waals surface area contributed by atoms with Crippen LogP contribution in [0.15, 0.2) is 42.0 Å². The van der Waals surface area contributed by atoms with Crippen LogP contribution >= 0.6 is 11.3 Å². The van der Waals surface area contributed by atoms with Gasteiger partial charge in [-0.15, -0.1) is 0 Å². The van der Waals surface area contributed by atoms with Crippen LogP contribution in [0.4, 0.5) is 5.13 Å². The molecule has 9 nitrogen and oxygen atoms in total. The second kappa shape index (κ2) is 12.6. The number of aliphatic hydroxyl groups is 1. The Kier molecular flexibility index (Phi) is 8.87. The predicted molar refractivity (Wildman–Crippen MR) is 165 cm³/mol. The van der Waals surface area contributed by atoms with E-state index in [1.807, 2.05) is 13.8 Å². The molecule has 0 bridgehead atoms. The lowest BCUT2D eigenvalue weighted by Gasteiger charge is -2.24. The number of aromatic nitrogens is 1. The molecule has 3 aromatic rings. The molecule has 2 atom stereocenters. The third-order valence-electron chi connectivity index (χ3n) is 7.51. The number of Topliss-reactive ketones (excluding diaryl/α,β-unsaturated/α-hetero) is 2. The molecule has 0 unspecified atom stereocenters. The monoisotopic (exact) mass is 604 g/mol. The van der Waals surface area contributed by atoms with Gasteiger partial charge in [0.05, 0.1) is 35.4 Å². The minimum absolute atomic E-state index is 0.00119. The van der Waals surface area contributed by atoms with Crippen molar-refractivity contribution < 1.29 is 33.7 Å². The summed E-state index contributed by atoms with van der Waals surface area (Å²) in [6.45, 7) is 9.97. The summed E-state index contributed by atoms with van der Waals surface area (Å²) in [6, 6.07) is 9.46. The van der Waals surface area contributed by atoms with E-state index in [1.54, 1.807) is 43.3 Å². The number of aryl methyl sites for hydroxylation is 1. The molecular formula is C33H36N2O7S. The van der Waals surface area contributed by atoms with Gasteiger partial charge in [0, 0.05) is 18.9 Å². The lowest BCUT2D eigenvalue weighted by Crippen LogP contribution is -2.29. The number of hydrogen-bond acceptors (Lipinski definition) is 9. The normalized spacial score (nSPS) is 19.0. The van der Waals surface area contributed by atoms with Gasteiger partial charge in [-0.2, -0.15) is 0 Å². The zero-order valence-corrected chi connectivity index (χ0v) is 25.9. The maximum absolute atomic E-state index is 13.7. The van der Waals surface area contributed by atoms with Gasteiger partial charge < -0.3 is 19.3 Å². The van der Waals surface area contributed by atoms with E-state index in [0.717, 1.165) is 41.9 Å². The summed E-state index contributed by atoms with van der Waals surface area (Å²) >= 11 is 1.04. The highest BCUT2D eigenvalue weighted by atomic mass is 32.1. The molecule has 226 valence electrons. The Morgan fingerprint density at radius 3 is 2.60 bits per heavy atom. The fourth-order valence-electron chi connectivity index (χ4n) is 5.50. The van der Waals surface area contributed by atoms with Crippen molar-refractivity contribution in [2.75, 3.05) is 18.1 Å². The molecule has 1 saturated heterocycles. The Hall–Kier alpha value is -4.18. The van der Waals surface area contributed by atoms with E-state index in [2.05, 4.69) is 11.9 Å². The molecule has 2 aliphatic rings. The molecule has 43 heavy (non-hydrogen) atoms. The molecular weight excluding hydrogens is 568 g/mol. The number of nitrogens with zero attached hydrogens (tertiary/aromatic N) is 2. The number of ketones is 2. The van der Waals surface area contributed by atoms with E-state index in [9.17, 15) is 19.5 Å². The molecule has 0 aliphatic carbocycles. The Morgan fingerprint density at radius 1 is 1.12 bits per heavy atom. The van der Waals surface area contributed by atoms with Gasteiger partial charge in [0.25, 0.3) is 5.78 Å². The molecule has 3 heterocycles. The molecule has 5 rings (SSSR count). The molecule has 0 radical (unpaired) electrons. The highest BCUT2D eigenvalue weighted by Gasteiger charge is 2.48. The van der Waals surface area contributed by atoms with Gasteiger partial charge in [-0.3, -0.25) is 19.3 Å². The van der Waals surface area contributed by atoms with E-state index in [-0.39, 0.29) is 28.4 Å². The van der Waals surface area contributed by atoms with Gasteiger partial charge >= 0.3 is 5.91 Å². The Labute approximate surface area is 255 Å². The van der Waals surface area contributed by atoms with Crippen molar-refractivity contribution in [1.82, 2.24) is 4.98 Å². The molecule has 1 fully saturated rings. The van der Waals surface area contributed by atoms with Crippen LogP contribution < -0.4 is 19.1 Å². The van der Waals surface area contributed by atoms with Crippen molar-refractivity contribution in [1.29, 1.82) is 0 Å². The standard InChI is InChI=1S/C33H36N2O7S/c1-6-8-9-14-41-25-13-10-21(17-26(25)40-7-2)28-27(29(37)22-11-12-24-23(16-22)15-18(3)42-24)30(38)32(39)35(28)33-34-19(4)31(43-33)20(5)36/h10-13,16-18,28,37H,6-9,14-15H2,1-5H3/t18-,28-/m0/s1. The van der Waals surface area contributed by atoms with Gasteiger partial charge in [-0.1, -0.05) is 37.2 Å². The third kappa shape index (κ3) is 5.88. The molecule has 1 amide bonds. The van der Waals surface area contributed by atoms with Crippen LogP contribution in [0.3, 0.4) is 0 Å². The van der Waals surface area contributed by atoms with E-state index in [0.29, 0.717) is 52.8 Å². The number of aliphatic hydroxyl groups excluding tert-OH is 1. The van der Waals surface area contributed by atoms with Gasteiger partial charge in [0.15, 0.2) is 22.4 Å². The Balaban J connectivity index is 1.65. The van der Waals surface area contributed by atoms with E-state index < -0.39 is 17.7 Å². The number of ether oxygens (including phenoxy) is 3. The van der Waals surface area contributed by atoms with Crippen molar-refractivity contribution in [3.8, 4) is 17.2 Å². The molecule has 1 aromatic heterocycles. The fourth-order valence-corrected chi connectivity index (χ4v) is 6.49. The van der Waals surface area contributed by atoms with Gasteiger partial charge in [0.2, 0.25) is 0 Å². The largest absolute Gasteiger partial charge is 0.507 e. The summed E-state index contributed by atoms with van der Waals surface area (Å²) in [5.74, 6) is -0.430. The van der Waals surface area contributed by atoms with Crippen molar-refractivity contribution in [3.05, 3.63) is 69.2 Å². The topological polar surface area (TPSA) is 115 Å². The number of unbranched alkanes of at least 4 members (excludes halogenated alkanes) is 2. The molecule has 10 heteroatoms. The first-order valence-electron chi connectivity index (χ1n) is 14.6. The Bertz CT molecular complexity index is 1610. The van der Waals surface area contributed by atoms with Crippen molar-refractivity contribution in [2.45, 2.75) is 72.4 Å². The third-order valence-corrected chi connectivity index (χ3v) is 8.77. The zero-order valence-electron chi connectivity index (χ0n) is 25.1. The molecule has 1 N–H and O–H groups in total. The maximum Gasteiger partial charge on any atom is 0.301 e. The number of thiazole rings is 1. The first kappa shape index (κ1) is 30.3. The average Bonchev–Trinajstić information content (AvgIpc) is 3.63. The van der Waals surface area contributed by atoms with E-state index in [4.69, 9.17) is 14.2 Å². The number of hydrogen-bond donors (Lipinski definition) is 1. The molecule has 0 spiro atoms. The second-order valence-electron chi connectivity index (χ2n) is 10.8. The maximum atomic E-state index is 13.7. The second-order valence-corrected chi connectivity index (χ2v) is 11.8. The van der Waals surface area contributed by atoms with Crippen LogP contribution in [0.2, 0.25) is 0 Å². The molecule has 2 aliphatic heterocycles. The summed E-state index contributed by atoms with van der Waals surface area (Å²) in [4.78, 5) is 45.8. The number of fused-ring (bicyclic) bond motifs is 1. The van der Waals surface area contributed by atoms with Crippen LogP contribution in [0.25, 0.3) is 5.76 Å². The Morgan fingerprint density at radius 2 is 1.91 bits per heavy atom. The molecule has 0 saturated carbocycles. The summed E-state index contributed by atoms with van der Waals surface area (Å²) in [5, 5.41) is 11.9. The lowest BCUT2D eigenvalue weighted by atomic mass is 9.94. The summed E-state index contributed by atoms with van der Waals surface area (Å²) in [6.07, 6.45) is 3.67. The zero-order chi connectivity index (χ0) is 30.8. The average molecular weight is 605 g/mol. The van der Waals surface area contributed by atoms with Gasteiger partial charge in [-0.05, 0) is 68.7 Å². The predicted octanol–water partition coefficient (Wildman–Crippen LogP) is 6.57. The quantitative estimate of drug-likeness (QED) is 0.0859. The first-order chi connectivity index (χ1) is 20.6. The van der Waals surface area contributed by atoms with Gasteiger partial charge in [0.1, 0.15) is 17.6 Å². The van der Waals surface area contributed by atoms with E-state index in [1.165, 1.54) is 11.8 Å².